The zero-order valence-electron chi connectivity index (χ0n) is 13.2. The van der Waals surface area contributed by atoms with E-state index in [1.165, 1.54) is 0 Å². The molecule has 1 rings (SSSR count). The van der Waals surface area contributed by atoms with Gasteiger partial charge in [-0.3, -0.25) is 0 Å². The molecule has 0 aromatic heterocycles. The van der Waals surface area contributed by atoms with Crippen molar-refractivity contribution in [1.29, 1.82) is 0 Å². The van der Waals surface area contributed by atoms with E-state index < -0.39 is 15.3 Å². The second kappa shape index (κ2) is 5.89. The molecule has 6 heteroatoms. The third-order valence-corrected chi connectivity index (χ3v) is 6.38. The van der Waals surface area contributed by atoms with E-state index in [1.807, 2.05) is 0 Å². The average molecular weight is 321 g/mol. The van der Waals surface area contributed by atoms with Crippen molar-refractivity contribution in [3.63, 3.8) is 0 Å². The lowest BCUT2D eigenvalue weighted by atomic mass is 9.64. The van der Waals surface area contributed by atoms with Crippen molar-refractivity contribution in [2.24, 2.45) is 16.6 Å². The van der Waals surface area contributed by atoms with Crippen LogP contribution in [0.25, 0.3) is 0 Å². The normalized spacial score (nSPS) is 24.2. The molecule has 1 unspecified atom stereocenters. The van der Waals surface area contributed by atoms with Gasteiger partial charge in [0.15, 0.2) is 0 Å². The lowest BCUT2D eigenvalue weighted by Crippen LogP contribution is -2.50. The highest BCUT2D eigenvalue weighted by molar-refractivity contribution is 7.93. The maximum absolute atomic E-state index is 12.4. The SMILES string of the molecule is CCC(C(N)=S)S(=O)(=O)NC1CC(C)(C)CC(C)(C)C1. The zero-order chi connectivity index (χ0) is 15.8. The lowest BCUT2D eigenvalue weighted by molar-refractivity contribution is 0.0934. The molecule has 1 aliphatic rings. The first-order chi connectivity index (χ1) is 8.88. The van der Waals surface area contributed by atoms with Crippen LogP contribution in [0.15, 0.2) is 0 Å². The van der Waals surface area contributed by atoms with E-state index in [1.54, 1.807) is 6.92 Å². The number of sulfonamides is 1. The number of hydrogen-bond donors (Lipinski definition) is 2. The predicted molar refractivity (Wildman–Crippen MR) is 88.1 cm³/mol. The summed E-state index contributed by atoms with van der Waals surface area (Å²) in [5.41, 5.74) is 5.83. The fourth-order valence-corrected chi connectivity index (χ4v) is 5.90. The Morgan fingerprint density at radius 3 is 2.10 bits per heavy atom. The lowest BCUT2D eigenvalue weighted by Gasteiger charge is -2.45. The second-order valence-corrected chi connectivity index (χ2v) is 9.94. The van der Waals surface area contributed by atoms with Crippen molar-refractivity contribution in [2.45, 2.75) is 71.6 Å². The van der Waals surface area contributed by atoms with Crippen LogP contribution in [0.3, 0.4) is 0 Å². The Labute approximate surface area is 128 Å². The molecule has 0 aromatic rings. The maximum atomic E-state index is 12.4. The van der Waals surface area contributed by atoms with Gasteiger partial charge in [0.2, 0.25) is 10.0 Å². The van der Waals surface area contributed by atoms with Gasteiger partial charge in [-0.05, 0) is 36.5 Å². The molecule has 0 heterocycles. The highest BCUT2D eigenvalue weighted by Crippen LogP contribution is 2.45. The van der Waals surface area contributed by atoms with Crippen molar-refractivity contribution in [2.75, 3.05) is 0 Å². The molecule has 0 bridgehead atoms. The van der Waals surface area contributed by atoms with Crippen molar-refractivity contribution >= 4 is 27.2 Å². The molecule has 0 aliphatic heterocycles. The molecule has 1 atom stereocenters. The third kappa shape index (κ3) is 4.67. The summed E-state index contributed by atoms with van der Waals surface area (Å²) in [5, 5.41) is -0.773. The molecule has 4 nitrogen and oxygen atoms in total. The first-order valence-corrected chi connectivity index (χ1v) is 9.14. The molecule has 0 spiro atoms. The minimum atomic E-state index is -3.49. The molecule has 0 aromatic carbocycles. The van der Waals surface area contributed by atoms with E-state index in [0.29, 0.717) is 6.42 Å². The van der Waals surface area contributed by atoms with E-state index in [9.17, 15) is 8.42 Å². The third-order valence-electron chi connectivity index (χ3n) is 3.95. The van der Waals surface area contributed by atoms with Gasteiger partial charge in [-0.2, -0.15) is 0 Å². The molecule has 0 saturated heterocycles. The minimum absolute atomic E-state index is 0.0397. The summed E-state index contributed by atoms with van der Waals surface area (Å²) in [7, 11) is -3.49. The number of thiocarbonyl (C=S) groups is 1. The zero-order valence-corrected chi connectivity index (χ0v) is 14.8. The van der Waals surface area contributed by atoms with Crippen LogP contribution in [0.2, 0.25) is 0 Å². The van der Waals surface area contributed by atoms with Gasteiger partial charge >= 0.3 is 0 Å². The molecule has 20 heavy (non-hydrogen) atoms. The number of rotatable bonds is 5. The van der Waals surface area contributed by atoms with Crippen LogP contribution in [0.4, 0.5) is 0 Å². The predicted octanol–water partition coefficient (Wildman–Crippen LogP) is 2.58. The van der Waals surface area contributed by atoms with Gasteiger partial charge in [-0.25, -0.2) is 13.1 Å². The fourth-order valence-electron chi connectivity index (χ4n) is 3.82. The Morgan fingerprint density at radius 1 is 1.30 bits per heavy atom. The summed E-state index contributed by atoms with van der Waals surface area (Å²) < 4.78 is 27.7. The van der Waals surface area contributed by atoms with Gasteiger partial charge < -0.3 is 5.73 Å². The van der Waals surface area contributed by atoms with Crippen LogP contribution >= 0.6 is 12.2 Å². The number of nitrogens with two attached hydrogens (primary N) is 1. The first-order valence-electron chi connectivity index (χ1n) is 7.19. The van der Waals surface area contributed by atoms with Gasteiger partial charge in [0.25, 0.3) is 0 Å². The molecule has 118 valence electrons. The van der Waals surface area contributed by atoms with Gasteiger partial charge in [0.05, 0.1) is 4.99 Å². The van der Waals surface area contributed by atoms with Crippen LogP contribution in [0, 0.1) is 10.8 Å². The van der Waals surface area contributed by atoms with E-state index in [4.69, 9.17) is 18.0 Å². The molecule has 1 saturated carbocycles. The minimum Gasteiger partial charge on any atom is -0.392 e. The van der Waals surface area contributed by atoms with Crippen LogP contribution in [0.5, 0.6) is 0 Å². The van der Waals surface area contributed by atoms with Crippen LogP contribution in [-0.4, -0.2) is 24.7 Å². The highest BCUT2D eigenvalue weighted by Gasteiger charge is 2.40. The topological polar surface area (TPSA) is 72.2 Å². The summed E-state index contributed by atoms with van der Waals surface area (Å²) in [5.74, 6) is 0. The van der Waals surface area contributed by atoms with E-state index in [0.717, 1.165) is 19.3 Å². The van der Waals surface area contributed by atoms with Gasteiger partial charge in [-0.1, -0.05) is 46.8 Å². The Morgan fingerprint density at radius 2 is 1.75 bits per heavy atom. The molecular formula is C14H28N2O2S2. The quantitative estimate of drug-likeness (QED) is 0.764. The summed E-state index contributed by atoms with van der Waals surface area (Å²) in [6.45, 7) is 10.6. The molecule has 0 amide bonds. The second-order valence-electron chi connectivity index (χ2n) is 7.57. The van der Waals surface area contributed by atoms with Crippen molar-refractivity contribution < 1.29 is 8.42 Å². The molecule has 1 fully saturated rings. The summed E-state index contributed by atoms with van der Waals surface area (Å²) in [6.07, 6.45) is 3.21. The Bertz CT molecular complexity index is 454. The van der Waals surface area contributed by atoms with Crippen LogP contribution in [0.1, 0.15) is 60.3 Å². The van der Waals surface area contributed by atoms with Gasteiger partial charge in [-0.15, -0.1) is 0 Å². The van der Waals surface area contributed by atoms with Crippen molar-refractivity contribution in [1.82, 2.24) is 4.72 Å². The summed E-state index contributed by atoms with van der Waals surface area (Å²) in [6, 6.07) is -0.0397. The Kier molecular flexibility index (Phi) is 5.26. The number of hydrogen-bond acceptors (Lipinski definition) is 3. The smallest absolute Gasteiger partial charge is 0.221 e. The highest BCUT2D eigenvalue weighted by atomic mass is 32.2. The Hall–Kier alpha value is -0.200. The van der Waals surface area contributed by atoms with Crippen LogP contribution < -0.4 is 10.5 Å². The van der Waals surface area contributed by atoms with Gasteiger partial charge in [0, 0.05) is 6.04 Å². The standard InChI is InChI=1S/C14H28N2O2S2/c1-6-11(12(15)19)20(17,18)16-10-7-13(2,3)9-14(4,5)8-10/h10-11,16H,6-9H2,1-5H3,(H2,15,19). The molecule has 3 N–H and O–H groups in total. The van der Waals surface area contributed by atoms with Crippen LogP contribution in [-0.2, 0) is 10.0 Å². The van der Waals surface area contributed by atoms with Crippen molar-refractivity contribution in [3.05, 3.63) is 0 Å². The fraction of sp³-hybridized carbons (Fsp3) is 0.929. The molecule has 1 aliphatic carbocycles. The van der Waals surface area contributed by atoms with E-state index >= 15 is 0 Å². The maximum Gasteiger partial charge on any atom is 0.221 e. The summed E-state index contributed by atoms with van der Waals surface area (Å²) in [4.78, 5) is 0.0503. The first kappa shape index (κ1) is 17.9. The number of nitrogens with one attached hydrogen (secondary N) is 1. The Balaban J connectivity index is 2.89. The van der Waals surface area contributed by atoms with E-state index in [2.05, 4.69) is 32.4 Å². The van der Waals surface area contributed by atoms with Crippen molar-refractivity contribution in [3.8, 4) is 0 Å². The average Bonchev–Trinajstić information content (AvgIpc) is 2.09. The van der Waals surface area contributed by atoms with Gasteiger partial charge in [0.1, 0.15) is 5.25 Å². The largest absolute Gasteiger partial charge is 0.392 e. The molecular weight excluding hydrogens is 292 g/mol. The molecule has 0 radical (unpaired) electrons. The van der Waals surface area contributed by atoms with E-state index in [-0.39, 0.29) is 21.9 Å². The monoisotopic (exact) mass is 320 g/mol. The summed E-state index contributed by atoms with van der Waals surface area (Å²) >= 11 is 4.88.